The number of alkyl halides is 9. The van der Waals surface area contributed by atoms with Crippen LogP contribution in [0.4, 0.5) is 39.5 Å². The van der Waals surface area contributed by atoms with E-state index in [0.717, 1.165) is 56.9 Å². The van der Waals surface area contributed by atoms with Gasteiger partial charge in [0.2, 0.25) is 0 Å². The molecular formula is C27H30F9N3O8. The highest BCUT2D eigenvalue weighted by molar-refractivity contribution is 5.73. The van der Waals surface area contributed by atoms with E-state index in [2.05, 4.69) is 33.1 Å². The van der Waals surface area contributed by atoms with Gasteiger partial charge in [0, 0.05) is 50.2 Å². The summed E-state index contributed by atoms with van der Waals surface area (Å²) in [4.78, 5) is 37.9. The highest BCUT2D eigenvalue weighted by Crippen LogP contribution is 2.41. The van der Waals surface area contributed by atoms with E-state index in [1.165, 1.54) is 6.42 Å². The van der Waals surface area contributed by atoms with Gasteiger partial charge in [-0.3, -0.25) is 14.9 Å². The molecule has 264 valence electrons. The van der Waals surface area contributed by atoms with Crippen LogP contribution in [0.15, 0.2) is 48.9 Å². The molecule has 0 spiro atoms. The van der Waals surface area contributed by atoms with Crippen molar-refractivity contribution in [3.8, 4) is 0 Å². The summed E-state index contributed by atoms with van der Waals surface area (Å²) in [5.74, 6) is -8.27. The number of carbonyl (C=O) groups is 3. The maximum Gasteiger partial charge on any atom is 0.490 e. The van der Waals surface area contributed by atoms with E-state index in [1.54, 1.807) is 6.20 Å². The topological polar surface area (TPSA) is 159 Å². The van der Waals surface area contributed by atoms with Crippen molar-refractivity contribution in [3.05, 3.63) is 60.2 Å². The summed E-state index contributed by atoms with van der Waals surface area (Å²) >= 11 is 0. The van der Waals surface area contributed by atoms with Gasteiger partial charge >= 0.3 is 36.4 Å². The minimum atomic E-state index is -5.08. The van der Waals surface area contributed by atoms with Crippen molar-refractivity contribution in [1.82, 2.24) is 14.9 Å². The first-order valence-corrected chi connectivity index (χ1v) is 13.3. The minimum Gasteiger partial charge on any atom is -0.475 e. The first-order valence-electron chi connectivity index (χ1n) is 13.3. The first kappa shape index (κ1) is 41.0. The third-order valence-electron chi connectivity index (χ3n) is 6.29. The van der Waals surface area contributed by atoms with Gasteiger partial charge in [-0.05, 0) is 43.0 Å². The van der Waals surface area contributed by atoms with Crippen molar-refractivity contribution in [2.24, 2.45) is 5.41 Å². The number of aliphatic carboxylic acids is 3. The van der Waals surface area contributed by atoms with Gasteiger partial charge in [-0.1, -0.05) is 12.1 Å². The number of hydrogen-bond donors (Lipinski definition) is 3. The third-order valence-corrected chi connectivity index (χ3v) is 6.29. The number of halogens is 9. The molecule has 0 bridgehead atoms. The molecule has 2 aromatic heterocycles. The fourth-order valence-corrected chi connectivity index (χ4v) is 4.30. The number of hydrogen-bond acceptors (Lipinski definition) is 8. The van der Waals surface area contributed by atoms with E-state index in [9.17, 15) is 39.5 Å². The lowest BCUT2D eigenvalue weighted by Gasteiger charge is -2.50. The number of piperidine rings is 1. The molecule has 0 saturated carbocycles. The Morgan fingerprint density at radius 1 is 0.894 bits per heavy atom. The summed E-state index contributed by atoms with van der Waals surface area (Å²) in [6.07, 6.45) is -6.04. The van der Waals surface area contributed by atoms with Crippen molar-refractivity contribution < 1.29 is 78.7 Å². The number of aromatic nitrogens is 2. The van der Waals surface area contributed by atoms with Crippen molar-refractivity contribution in [1.29, 1.82) is 0 Å². The van der Waals surface area contributed by atoms with Gasteiger partial charge < -0.3 is 24.8 Å². The summed E-state index contributed by atoms with van der Waals surface area (Å²) in [5.41, 5.74) is 2.35. The minimum absolute atomic E-state index is 0.0908. The van der Waals surface area contributed by atoms with E-state index >= 15 is 0 Å². The Kier molecular flexibility index (Phi) is 16.0. The number of fused-ring (bicyclic) bond motifs is 1. The fraction of sp³-hybridized carbons (Fsp3) is 0.519. The summed E-state index contributed by atoms with van der Waals surface area (Å²) in [7, 11) is 0. The van der Waals surface area contributed by atoms with Crippen LogP contribution in [-0.2, 0) is 37.0 Å². The monoisotopic (exact) mass is 695 g/mol. The summed E-state index contributed by atoms with van der Waals surface area (Å²) < 4.78 is 108. The molecule has 2 aromatic rings. The van der Waals surface area contributed by atoms with Crippen molar-refractivity contribution >= 4 is 17.9 Å². The van der Waals surface area contributed by atoms with Crippen LogP contribution in [-0.4, -0.2) is 99.0 Å². The second kappa shape index (κ2) is 18.3. The third kappa shape index (κ3) is 15.9. The zero-order valence-electron chi connectivity index (χ0n) is 24.2. The van der Waals surface area contributed by atoms with E-state index in [4.69, 9.17) is 39.2 Å². The average molecular weight is 696 g/mol. The van der Waals surface area contributed by atoms with E-state index in [-0.39, 0.29) is 5.41 Å². The molecule has 4 heterocycles. The predicted octanol–water partition coefficient (Wildman–Crippen LogP) is 4.96. The summed E-state index contributed by atoms with van der Waals surface area (Å²) in [5, 5.41) is 21.4. The van der Waals surface area contributed by atoms with Crippen molar-refractivity contribution in [3.63, 3.8) is 0 Å². The largest absolute Gasteiger partial charge is 0.490 e. The Balaban J connectivity index is 0.000000430. The smallest absolute Gasteiger partial charge is 0.475 e. The molecule has 2 saturated heterocycles. The Bertz CT molecular complexity index is 1190. The van der Waals surface area contributed by atoms with Gasteiger partial charge in [0.1, 0.15) is 0 Å². The van der Waals surface area contributed by atoms with Crippen LogP contribution in [0.1, 0.15) is 30.5 Å². The van der Waals surface area contributed by atoms with Gasteiger partial charge in [0.15, 0.2) is 0 Å². The van der Waals surface area contributed by atoms with Crippen molar-refractivity contribution in [2.45, 2.75) is 57.0 Å². The maximum atomic E-state index is 10.6. The van der Waals surface area contributed by atoms with Gasteiger partial charge in [-0.2, -0.15) is 39.5 Å². The molecule has 2 unspecified atom stereocenters. The second-order valence-electron chi connectivity index (χ2n) is 9.91. The quantitative estimate of drug-likeness (QED) is 0.351. The molecule has 0 amide bonds. The molecule has 2 aliphatic heterocycles. The number of pyridine rings is 2. The molecule has 0 aromatic carbocycles. The van der Waals surface area contributed by atoms with Gasteiger partial charge in [0.25, 0.3) is 0 Å². The lowest BCUT2D eigenvalue weighted by molar-refractivity contribution is -0.193. The molecular weight excluding hydrogens is 665 g/mol. The SMILES string of the molecule is O=C(O)C(F)(F)F.O=C(O)C(F)(F)F.O=C(O)C(F)(F)F.c1ccc(CN2CCC3OCCCC3(COCc3cccnc3)C2)nc1. The van der Waals surface area contributed by atoms with Crippen LogP contribution in [0.3, 0.4) is 0 Å². The molecule has 47 heavy (non-hydrogen) atoms. The first-order chi connectivity index (χ1) is 21.7. The van der Waals surface area contributed by atoms with Gasteiger partial charge in [0.05, 0.1) is 25.0 Å². The molecule has 2 aliphatic rings. The Morgan fingerprint density at radius 2 is 1.47 bits per heavy atom. The lowest BCUT2D eigenvalue weighted by Crippen LogP contribution is -2.56. The standard InChI is InChI=1S/C21H27N3O2.3C2HF3O2/c1-2-10-23-19(6-1)14-24-11-7-20-21(16-24,8-4-12-26-20)17-25-15-18-5-3-9-22-13-18;3*3-2(4,5)1(6)7/h1-3,5-6,9-10,13,20H,4,7-8,11-12,14-17H2;3*(H,6,7). The lowest BCUT2D eigenvalue weighted by atomic mass is 9.73. The van der Waals surface area contributed by atoms with E-state index < -0.39 is 36.4 Å². The van der Waals surface area contributed by atoms with E-state index in [1.807, 2.05) is 24.5 Å². The molecule has 0 radical (unpaired) electrons. The van der Waals surface area contributed by atoms with Gasteiger partial charge in [-0.25, -0.2) is 14.4 Å². The maximum absolute atomic E-state index is 10.6. The average Bonchev–Trinajstić information content (AvgIpc) is 2.97. The molecule has 2 atom stereocenters. The van der Waals surface area contributed by atoms with Crippen LogP contribution < -0.4 is 0 Å². The highest BCUT2D eigenvalue weighted by Gasteiger charge is 2.46. The number of rotatable bonds is 6. The summed E-state index contributed by atoms with van der Waals surface area (Å²) in [6, 6.07) is 10.2. The van der Waals surface area contributed by atoms with Crippen LogP contribution in [0.25, 0.3) is 0 Å². The van der Waals surface area contributed by atoms with Crippen LogP contribution in [0.5, 0.6) is 0 Å². The molecule has 11 nitrogen and oxygen atoms in total. The number of nitrogens with zero attached hydrogens (tertiary/aromatic N) is 3. The summed E-state index contributed by atoms with van der Waals surface area (Å²) in [6.45, 7) is 5.22. The molecule has 4 rings (SSSR count). The molecule has 20 heteroatoms. The molecule has 0 aliphatic carbocycles. The molecule has 3 N–H and O–H groups in total. The van der Waals surface area contributed by atoms with E-state index in [0.29, 0.717) is 12.7 Å². The van der Waals surface area contributed by atoms with Gasteiger partial charge in [-0.15, -0.1) is 0 Å². The number of carboxylic acids is 3. The Hall–Kier alpha value is -4.04. The zero-order valence-corrected chi connectivity index (χ0v) is 24.2. The number of ether oxygens (including phenoxy) is 2. The van der Waals surface area contributed by atoms with Crippen LogP contribution in [0, 0.1) is 5.41 Å². The van der Waals surface area contributed by atoms with Crippen LogP contribution >= 0.6 is 0 Å². The van der Waals surface area contributed by atoms with Crippen molar-refractivity contribution in [2.75, 3.05) is 26.3 Å². The highest BCUT2D eigenvalue weighted by atomic mass is 19.4. The Morgan fingerprint density at radius 3 is 1.94 bits per heavy atom. The predicted molar refractivity (Wildman–Crippen MR) is 141 cm³/mol. The fourth-order valence-electron chi connectivity index (χ4n) is 4.30. The normalized spacial score (nSPS) is 19.6. The second-order valence-corrected chi connectivity index (χ2v) is 9.91. The number of carboxylic acid groups (broad SMARTS) is 3. The van der Waals surface area contributed by atoms with Crippen LogP contribution in [0.2, 0.25) is 0 Å². The molecule has 2 fully saturated rings. The zero-order chi connectivity index (χ0) is 35.9. The number of likely N-dealkylation sites (tertiary alicyclic amines) is 1. The Labute approximate surface area is 260 Å².